The van der Waals surface area contributed by atoms with Crippen molar-refractivity contribution < 1.29 is 9.53 Å². The highest BCUT2D eigenvalue weighted by Gasteiger charge is 2.38. The molecular weight excluding hydrogens is 356 g/mol. The Morgan fingerprint density at radius 1 is 1.29 bits per heavy atom. The van der Waals surface area contributed by atoms with Crippen molar-refractivity contribution in [1.29, 1.82) is 0 Å². The van der Waals surface area contributed by atoms with Crippen LogP contribution in [0.25, 0.3) is 11.1 Å². The van der Waals surface area contributed by atoms with Crippen LogP contribution in [0.15, 0.2) is 24.3 Å². The van der Waals surface area contributed by atoms with Crippen LogP contribution in [0.3, 0.4) is 0 Å². The van der Waals surface area contributed by atoms with Gasteiger partial charge in [-0.05, 0) is 43.4 Å². The summed E-state index contributed by atoms with van der Waals surface area (Å²) in [4.78, 5) is 12.6. The van der Waals surface area contributed by atoms with Crippen molar-refractivity contribution >= 4 is 11.8 Å². The molecule has 0 radical (unpaired) electrons. The summed E-state index contributed by atoms with van der Waals surface area (Å²) >= 11 is 0. The molecule has 3 atom stereocenters. The molecule has 1 aromatic heterocycles. The van der Waals surface area contributed by atoms with Gasteiger partial charge in [-0.15, -0.1) is 0 Å². The molecule has 8 heteroatoms. The largest absolute Gasteiger partial charge is 0.497 e. The maximum Gasteiger partial charge on any atom is 0.320 e. The van der Waals surface area contributed by atoms with E-state index in [0.29, 0.717) is 24.3 Å². The highest BCUT2D eigenvalue weighted by atomic mass is 16.5. The fourth-order valence-electron chi connectivity index (χ4n) is 4.43. The van der Waals surface area contributed by atoms with Crippen LogP contribution in [0.2, 0.25) is 0 Å². The number of carbonyl (C=O) groups excluding carboxylic acids is 1. The number of ether oxygens (including phenoxy) is 1. The summed E-state index contributed by atoms with van der Waals surface area (Å²) in [7, 11) is 3.48. The molecule has 2 amide bonds. The number of nitrogens with zero attached hydrogens (tertiary/aromatic N) is 2. The van der Waals surface area contributed by atoms with Gasteiger partial charge in [-0.2, -0.15) is 5.10 Å². The van der Waals surface area contributed by atoms with E-state index in [-0.39, 0.29) is 12.1 Å². The van der Waals surface area contributed by atoms with E-state index < -0.39 is 0 Å². The van der Waals surface area contributed by atoms with Crippen LogP contribution in [-0.4, -0.2) is 41.5 Å². The third-order valence-electron chi connectivity index (χ3n) is 5.86. The number of hydrazine groups is 1. The standard InChI is InChI=1S/C20H28N6O2/c1-12-18(13-7-9-14(28-3)10-8-13)19(26(2)25-12)22-20(27)21-11-17-15-5-4-6-16(15)23-24-17/h7-10,15-17,23-24H,4-6,11H2,1-3H3,(H2,21,22,27). The molecule has 8 nitrogen and oxygen atoms in total. The number of aryl methyl sites for hydroxylation is 2. The van der Waals surface area contributed by atoms with Gasteiger partial charge in [0.25, 0.3) is 0 Å². The molecule has 150 valence electrons. The zero-order valence-electron chi connectivity index (χ0n) is 16.6. The Labute approximate surface area is 165 Å². The summed E-state index contributed by atoms with van der Waals surface area (Å²) in [5.74, 6) is 2.06. The molecule has 4 rings (SSSR count). The number of nitrogens with one attached hydrogen (secondary N) is 4. The highest BCUT2D eigenvalue weighted by molar-refractivity contribution is 5.93. The van der Waals surface area contributed by atoms with Crippen LogP contribution in [-0.2, 0) is 7.05 Å². The first kappa shape index (κ1) is 18.8. The number of carbonyl (C=O) groups is 1. The fraction of sp³-hybridized carbons (Fsp3) is 0.500. The van der Waals surface area contributed by atoms with Crippen LogP contribution in [0, 0.1) is 12.8 Å². The van der Waals surface area contributed by atoms with Crippen molar-refractivity contribution in [2.45, 2.75) is 38.3 Å². The second-order valence-electron chi connectivity index (χ2n) is 7.59. The Kier molecular flexibility index (Phi) is 5.23. The van der Waals surface area contributed by atoms with Crippen LogP contribution < -0.4 is 26.2 Å². The summed E-state index contributed by atoms with van der Waals surface area (Å²) in [6.07, 6.45) is 3.67. The van der Waals surface area contributed by atoms with Gasteiger partial charge in [0.15, 0.2) is 0 Å². The van der Waals surface area contributed by atoms with E-state index in [1.165, 1.54) is 19.3 Å². The Bertz CT molecular complexity index is 847. The second kappa shape index (κ2) is 7.81. The maximum atomic E-state index is 12.6. The van der Waals surface area contributed by atoms with Gasteiger partial charge in [-0.1, -0.05) is 18.6 Å². The summed E-state index contributed by atoms with van der Waals surface area (Å²) in [6, 6.07) is 8.34. The molecule has 4 N–H and O–H groups in total. The Morgan fingerprint density at radius 2 is 2.07 bits per heavy atom. The van der Waals surface area contributed by atoms with Crippen molar-refractivity contribution in [3.8, 4) is 16.9 Å². The van der Waals surface area contributed by atoms with Crippen molar-refractivity contribution in [3.63, 3.8) is 0 Å². The topological polar surface area (TPSA) is 92.2 Å². The number of hydrogen-bond acceptors (Lipinski definition) is 5. The minimum atomic E-state index is -0.221. The molecular formula is C20H28N6O2. The lowest BCUT2D eigenvalue weighted by atomic mass is 9.97. The smallest absolute Gasteiger partial charge is 0.320 e. The highest BCUT2D eigenvalue weighted by Crippen LogP contribution is 2.33. The van der Waals surface area contributed by atoms with Crippen molar-refractivity contribution in [1.82, 2.24) is 25.9 Å². The van der Waals surface area contributed by atoms with Gasteiger partial charge >= 0.3 is 6.03 Å². The van der Waals surface area contributed by atoms with Gasteiger partial charge in [-0.25, -0.2) is 4.79 Å². The first-order valence-corrected chi connectivity index (χ1v) is 9.80. The van der Waals surface area contributed by atoms with Gasteiger partial charge in [0, 0.05) is 31.2 Å². The number of hydrogen-bond donors (Lipinski definition) is 4. The van der Waals surface area contributed by atoms with Crippen molar-refractivity contribution in [2.24, 2.45) is 13.0 Å². The number of benzene rings is 1. The minimum absolute atomic E-state index is 0.221. The van der Waals surface area contributed by atoms with Gasteiger partial charge in [0.2, 0.25) is 0 Å². The zero-order chi connectivity index (χ0) is 19.7. The molecule has 3 unspecified atom stereocenters. The Balaban J connectivity index is 1.44. The summed E-state index contributed by atoms with van der Waals surface area (Å²) < 4.78 is 6.94. The molecule has 0 bridgehead atoms. The first-order valence-electron chi connectivity index (χ1n) is 9.80. The van der Waals surface area contributed by atoms with E-state index in [1.54, 1.807) is 11.8 Å². The zero-order valence-corrected chi connectivity index (χ0v) is 16.6. The van der Waals surface area contributed by atoms with Crippen LogP contribution >= 0.6 is 0 Å². The lowest BCUT2D eigenvalue weighted by Crippen LogP contribution is -2.43. The van der Waals surface area contributed by atoms with Crippen molar-refractivity contribution in [3.05, 3.63) is 30.0 Å². The minimum Gasteiger partial charge on any atom is -0.497 e. The van der Waals surface area contributed by atoms with Crippen molar-refractivity contribution in [2.75, 3.05) is 19.0 Å². The monoisotopic (exact) mass is 384 g/mol. The molecule has 1 aliphatic carbocycles. The summed E-state index contributed by atoms with van der Waals surface area (Å²) in [5, 5.41) is 10.5. The number of aromatic nitrogens is 2. The molecule has 1 saturated carbocycles. The SMILES string of the molecule is COc1ccc(-c2c(C)nn(C)c2NC(=O)NCC2NNC3CCCC32)cc1. The summed E-state index contributed by atoms with van der Waals surface area (Å²) in [6.45, 7) is 2.53. The maximum absolute atomic E-state index is 12.6. The molecule has 2 fully saturated rings. The van der Waals surface area contributed by atoms with Gasteiger partial charge in [0.1, 0.15) is 11.6 Å². The lowest BCUT2D eigenvalue weighted by Gasteiger charge is -2.18. The molecule has 1 saturated heterocycles. The average molecular weight is 384 g/mol. The molecule has 1 aliphatic heterocycles. The predicted molar refractivity (Wildman–Crippen MR) is 108 cm³/mol. The third kappa shape index (κ3) is 3.57. The molecule has 2 heterocycles. The van der Waals surface area contributed by atoms with E-state index in [1.807, 2.05) is 38.2 Å². The number of rotatable bonds is 5. The summed E-state index contributed by atoms with van der Waals surface area (Å²) in [5.41, 5.74) is 9.42. The average Bonchev–Trinajstić information content (AvgIpc) is 3.36. The molecule has 0 spiro atoms. The van der Waals surface area contributed by atoms with Crippen LogP contribution in [0.1, 0.15) is 25.0 Å². The molecule has 2 aromatic rings. The number of urea groups is 1. The Morgan fingerprint density at radius 3 is 2.82 bits per heavy atom. The Hall–Kier alpha value is -2.58. The van der Waals surface area contributed by atoms with Gasteiger partial charge in [-0.3, -0.25) is 20.9 Å². The lowest BCUT2D eigenvalue weighted by molar-refractivity contribution is 0.249. The first-order chi connectivity index (χ1) is 13.6. The van der Waals surface area contributed by atoms with E-state index in [4.69, 9.17) is 4.74 Å². The number of fused-ring (bicyclic) bond motifs is 1. The van der Waals surface area contributed by atoms with Crippen LogP contribution in [0.4, 0.5) is 10.6 Å². The van der Waals surface area contributed by atoms with Gasteiger partial charge in [0.05, 0.1) is 12.8 Å². The quantitative estimate of drug-likeness (QED) is 0.634. The van der Waals surface area contributed by atoms with E-state index in [2.05, 4.69) is 26.6 Å². The van der Waals surface area contributed by atoms with E-state index >= 15 is 0 Å². The molecule has 2 aliphatic rings. The van der Waals surface area contributed by atoms with Crippen LogP contribution in [0.5, 0.6) is 5.75 Å². The third-order valence-corrected chi connectivity index (χ3v) is 5.86. The van der Waals surface area contributed by atoms with Gasteiger partial charge < -0.3 is 10.1 Å². The number of amides is 2. The van der Waals surface area contributed by atoms with E-state index in [9.17, 15) is 4.79 Å². The second-order valence-corrected chi connectivity index (χ2v) is 7.59. The predicted octanol–water partition coefficient (Wildman–Crippen LogP) is 2.17. The molecule has 1 aromatic carbocycles. The molecule has 28 heavy (non-hydrogen) atoms. The normalized spacial score (nSPS) is 23.5. The number of methoxy groups -OCH3 is 1. The number of anilines is 1. The fourth-order valence-corrected chi connectivity index (χ4v) is 4.43. The van der Waals surface area contributed by atoms with E-state index in [0.717, 1.165) is 22.6 Å².